The fourth-order valence-electron chi connectivity index (χ4n) is 3.78. The van der Waals surface area contributed by atoms with Crippen molar-refractivity contribution in [1.29, 1.82) is 0 Å². The predicted octanol–water partition coefficient (Wildman–Crippen LogP) is 5.15. The Balaban J connectivity index is 2.82. The molecule has 0 saturated carbocycles. The number of aryl methyl sites for hydroxylation is 1. The van der Waals surface area contributed by atoms with E-state index in [-0.39, 0.29) is 4.85 Å². The highest BCUT2D eigenvalue weighted by molar-refractivity contribution is 6.98. The van der Waals surface area contributed by atoms with Gasteiger partial charge in [-0.2, -0.15) is 0 Å². The average Bonchev–Trinajstić information content (AvgIpc) is 2.33. The van der Waals surface area contributed by atoms with E-state index < -0.39 is 16.1 Å². The molecule has 0 fully saturated rings. The third-order valence-corrected chi connectivity index (χ3v) is 14.9. The van der Waals surface area contributed by atoms with Gasteiger partial charge in [0.2, 0.25) is 0 Å². The lowest BCUT2D eigenvalue weighted by atomic mass is 10.1. The Hall–Kier alpha value is -0.386. The maximum absolute atomic E-state index is 6.23. The smallest absolute Gasteiger partial charge is 0.0783 e. The maximum atomic E-state index is 6.23. The largest absolute Gasteiger partial charge is 0.385 e. The number of hydrogen-bond donors (Lipinski definition) is 0. The van der Waals surface area contributed by atoms with Crippen molar-refractivity contribution in [3.8, 4) is 0 Å². The number of benzene rings is 1. The normalized spacial score (nSPS) is 13.6. The van der Waals surface area contributed by atoms with E-state index in [0.29, 0.717) is 0 Å². The third kappa shape index (κ3) is 3.83. The fraction of sp³-hybridized carbons (Fsp3) is 0.647. The van der Waals surface area contributed by atoms with E-state index in [0.717, 1.165) is 0 Å². The minimum Gasteiger partial charge on any atom is -0.385 e. The molecule has 0 radical (unpaired) electrons. The molecule has 0 amide bonds. The van der Waals surface area contributed by atoms with E-state index in [2.05, 4.69) is 69.6 Å². The van der Waals surface area contributed by atoms with Gasteiger partial charge < -0.3 is 4.74 Å². The van der Waals surface area contributed by atoms with Crippen LogP contribution in [0.5, 0.6) is 0 Å². The second-order valence-corrected chi connectivity index (χ2v) is 19.0. The van der Waals surface area contributed by atoms with E-state index in [9.17, 15) is 0 Å². The Kier molecular flexibility index (Phi) is 5.82. The summed E-state index contributed by atoms with van der Waals surface area (Å²) in [5.74, 6) is 0. The summed E-state index contributed by atoms with van der Waals surface area (Å²) in [6, 6.07) is 10.8. The van der Waals surface area contributed by atoms with Crippen LogP contribution in [0.15, 0.2) is 30.3 Å². The van der Waals surface area contributed by atoms with Gasteiger partial charge in [0, 0.05) is 12.0 Å². The predicted molar refractivity (Wildman–Crippen MR) is 95.8 cm³/mol. The molecule has 0 bridgehead atoms. The van der Waals surface area contributed by atoms with Crippen molar-refractivity contribution in [3.05, 3.63) is 35.9 Å². The first-order valence-electron chi connectivity index (χ1n) is 7.73. The molecule has 1 rings (SSSR count). The number of hydrogen-bond acceptors (Lipinski definition) is 1. The van der Waals surface area contributed by atoms with Gasteiger partial charge >= 0.3 is 0 Å². The zero-order valence-corrected chi connectivity index (χ0v) is 16.4. The van der Waals surface area contributed by atoms with Crippen LogP contribution in [-0.2, 0) is 11.2 Å². The van der Waals surface area contributed by atoms with Crippen molar-refractivity contribution in [2.45, 2.75) is 63.4 Å². The second kappa shape index (κ2) is 6.58. The number of rotatable bonds is 7. The molecular weight excluding hydrogens is 276 g/mol. The standard InChI is InChI=1S/C17H32OSi2/c1-18-17(19(2,3)4,20(5,6)7)15-11-14-16-12-9-8-10-13-16/h8-10,12-13H,11,14-15H2,1-7H3. The van der Waals surface area contributed by atoms with Crippen molar-refractivity contribution in [3.63, 3.8) is 0 Å². The highest BCUT2D eigenvalue weighted by Crippen LogP contribution is 2.38. The van der Waals surface area contributed by atoms with Crippen molar-refractivity contribution < 1.29 is 4.74 Å². The van der Waals surface area contributed by atoms with Crippen molar-refractivity contribution in [1.82, 2.24) is 0 Å². The van der Waals surface area contributed by atoms with Gasteiger partial charge in [0.25, 0.3) is 0 Å². The molecule has 3 heteroatoms. The molecule has 0 N–H and O–H groups in total. The van der Waals surface area contributed by atoms with Crippen LogP contribution in [-0.4, -0.2) is 28.1 Å². The van der Waals surface area contributed by atoms with E-state index >= 15 is 0 Å². The van der Waals surface area contributed by atoms with Crippen LogP contribution in [0.3, 0.4) is 0 Å². The van der Waals surface area contributed by atoms with Gasteiger partial charge in [0.1, 0.15) is 0 Å². The van der Waals surface area contributed by atoms with Crippen molar-refractivity contribution >= 4 is 16.1 Å². The van der Waals surface area contributed by atoms with Crippen LogP contribution < -0.4 is 0 Å². The first-order chi connectivity index (χ1) is 9.14. The van der Waals surface area contributed by atoms with Gasteiger partial charge in [-0.1, -0.05) is 69.6 Å². The van der Waals surface area contributed by atoms with E-state index in [1.807, 2.05) is 7.11 Å². The Morgan fingerprint density at radius 1 is 0.900 bits per heavy atom. The molecule has 0 saturated heterocycles. The Morgan fingerprint density at radius 3 is 1.80 bits per heavy atom. The fourth-order valence-corrected chi connectivity index (χ4v) is 15.9. The Bertz CT molecular complexity index is 387. The molecule has 1 aromatic rings. The van der Waals surface area contributed by atoms with Gasteiger partial charge in [0.05, 0.1) is 16.1 Å². The summed E-state index contributed by atoms with van der Waals surface area (Å²) in [7, 11) is -0.799. The lowest BCUT2D eigenvalue weighted by molar-refractivity contribution is 0.103. The molecular formula is C17H32OSi2. The van der Waals surface area contributed by atoms with Gasteiger partial charge in [0.15, 0.2) is 0 Å². The summed E-state index contributed by atoms with van der Waals surface area (Å²) in [6.45, 7) is 14.8. The lowest BCUT2D eigenvalue weighted by Crippen LogP contribution is -2.67. The molecule has 1 aromatic carbocycles. The first kappa shape index (κ1) is 17.7. The molecule has 0 aromatic heterocycles. The summed E-state index contributed by atoms with van der Waals surface area (Å²) in [4.78, 5) is 0.175. The van der Waals surface area contributed by atoms with E-state index in [1.54, 1.807) is 0 Å². The Labute approximate surface area is 127 Å². The van der Waals surface area contributed by atoms with Crippen LogP contribution in [0, 0.1) is 0 Å². The highest BCUT2D eigenvalue weighted by Gasteiger charge is 2.52. The molecule has 1 nitrogen and oxygen atoms in total. The highest BCUT2D eigenvalue weighted by atomic mass is 28.4. The number of methoxy groups -OCH3 is 1. The van der Waals surface area contributed by atoms with Crippen molar-refractivity contribution in [2.24, 2.45) is 0 Å². The zero-order chi connectivity index (χ0) is 15.4. The molecule has 114 valence electrons. The quantitative estimate of drug-likeness (QED) is 0.633. The molecule has 20 heavy (non-hydrogen) atoms. The van der Waals surface area contributed by atoms with Gasteiger partial charge in [-0.15, -0.1) is 0 Å². The first-order valence-corrected chi connectivity index (χ1v) is 14.7. The molecule has 0 heterocycles. The minimum absolute atomic E-state index is 0.175. The molecule has 0 spiro atoms. The molecule has 0 unspecified atom stereocenters. The van der Waals surface area contributed by atoms with Gasteiger partial charge in [-0.3, -0.25) is 0 Å². The summed E-state index contributed by atoms with van der Waals surface area (Å²) < 4.78 is 6.23. The van der Waals surface area contributed by atoms with Crippen LogP contribution in [0.4, 0.5) is 0 Å². The topological polar surface area (TPSA) is 9.23 Å². The molecule has 0 aliphatic carbocycles. The SMILES string of the molecule is COC(CCCc1ccccc1)([Si](C)(C)C)[Si](C)(C)C. The average molecular weight is 309 g/mol. The van der Waals surface area contributed by atoms with Crippen LogP contribution >= 0.6 is 0 Å². The maximum Gasteiger partial charge on any atom is 0.0783 e. The third-order valence-electron chi connectivity index (χ3n) is 4.61. The molecule has 0 aliphatic heterocycles. The second-order valence-electron chi connectivity index (χ2n) is 7.87. The van der Waals surface area contributed by atoms with Crippen molar-refractivity contribution in [2.75, 3.05) is 7.11 Å². The Morgan fingerprint density at radius 2 is 1.40 bits per heavy atom. The zero-order valence-electron chi connectivity index (χ0n) is 14.4. The lowest BCUT2D eigenvalue weighted by Gasteiger charge is -2.51. The summed E-state index contributed by atoms with van der Waals surface area (Å²) in [6.07, 6.45) is 3.61. The van der Waals surface area contributed by atoms with Gasteiger partial charge in [-0.05, 0) is 24.8 Å². The summed E-state index contributed by atoms with van der Waals surface area (Å²) in [5.41, 5.74) is 1.45. The van der Waals surface area contributed by atoms with Crippen LogP contribution in [0.2, 0.25) is 39.3 Å². The minimum atomic E-state index is -1.37. The number of ether oxygens (including phenoxy) is 1. The monoisotopic (exact) mass is 308 g/mol. The molecule has 0 aliphatic rings. The summed E-state index contributed by atoms with van der Waals surface area (Å²) in [5, 5.41) is 0. The van der Waals surface area contributed by atoms with Crippen LogP contribution in [0.25, 0.3) is 0 Å². The summed E-state index contributed by atoms with van der Waals surface area (Å²) >= 11 is 0. The van der Waals surface area contributed by atoms with Crippen LogP contribution in [0.1, 0.15) is 18.4 Å². The van der Waals surface area contributed by atoms with Gasteiger partial charge in [-0.25, -0.2) is 0 Å². The van der Waals surface area contributed by atoms with E-state index in [1.165, 1.54) is 24.8 Å². The van der Waals surface area contributed by atoms with E-state index in [4.69, 9.17) is 4.74 Å². The molecule has 0 atom stereocenters.